The van der Waals surface area contributed by atoms with Gasteiger partial charge in [0, 0.05) is 12.6 Å². The van der Waals surface area contributed by atoms with Crippen LogP contribution < -0.4 is 21.1 Å². The van der Waals surface area contributed by atoms with Crippen molar-refractivity contribution in [1.82, 2.24) is 20.3 Å². The van der Waals surface area contributed by atoms with E-state index in [2.05, 4.69) is 15.4 Å². The second-order valence-corrected chi connectivity index (χ2v) is 12.9. The zero-order chi connectivity index (χ0) is 30.3. The summed E-state index contributed by atoms with van der Waals surface area (Å²) in [6.07, 6.45) is 5.54. The van der Waals surface area contributed by atoms with Crippen molar-refractivity contribution in [3.05, 3.63) is 42.5 Å². The number of carbonyl (C=O) groups is 3. The van der Waals surface area contributed by atoms with Crippen molar-refractivity contribution in [2.45, 2.75) is 80.3 Å². The van der Waals surface area contributed by atoms with Gasteiger partial charge in [0.1, 0.15) is 18.4 Å². The molecule has 2 amide bonds. The number of nitrogens with zero attached hydrogens (tertiary/aromatic N) is 1. The first-order valence-corrected chi connectivity index (χ1v) is 15.9. The number of carboxylic acids is 1. The maximum absolute atomic E-state index is 13.9. The molecule has 0 radical (unpaired) electrons. The normalized spacial score (nSPS) is 20.5. The number of amides is 2. The third-order valence-corrected chi connectivity index (χ3v) is 9.69. The number of carboxylic acid groups (broad SMARTS) is 1. The Bertz CT molecular complexity index is 1420. The van der Waals surface area contributed by atoms with E-state index in [4.69, 9.17) is 11.1 Å². The molecule has 0 bridgehead atoms. The van der Waals surface area contributed by atoms with Crippen LogP contribution in [0, 0.1) is 5.41 Å². The maximum atomic E-state index is 13.9. The summed E-state index contributed by atoms with van der Waals surface area (Å²) >= 11 is 0. The molecule has 1 aliphatic heterocycles. The van der Waals surface area contributed by atoms with E-state index in [1.54, 1.807) is 18.2 Å². The molecule has 42 heavy (non-hydrogen) atoms. The van der Waals surface area contributed by atoms with Crippen LogP contribution in [-0.2, 0) is 24.4 Å². The molecule has 4 rings (SSSR count). The van der Waals surface area contributed by atoms with Crippen molar-refractivity contribution in [3.8, 4) is 0 Å². The largest absolute Gasteiger partial charge is 0.480 e. The molecule has 2 fully saturated rings. The van der Waals surface area contributed by atoms with Gasteiger partial charge in [0.05, 0.1) is 16.9 Å². The summed E-state index contributed by atoms with van der Waals surface area (Å²) in [6.45, 7) is 0.0330. The smallest absolute Gasteiger partial charge is 0.323 e. The van der Waals surface area contributed by atoms with E-state index in [0.717, 1.165) is 37.5 Å². The van der Waals surface area contributed by atoms with Crippen LogP contribution in [0.2, 0.25) is 0 Å². The summed E-state index contributed by atoms with van der Waals surface area (Å²) in [7, 11) is -4.29. The summed E-state index contributed by atoms with van der Waals surface area (Å²) in [6, 6.07) is 9.89. The minimum Gasteiger partial charge on any atom is -0.480 e. The molecule has 2 atom stereocenters. The number of nitrogens with one attached hydrogen (secondary N) is 4. The van der Waals surface area contributed by atoms with Gasteiger partial charge >= 0.3 is 5.97 Å². The standard InChI is InChI=1S/C29H40N6O6S/c30-28(31)29(14-6-7-15-33-29)19-32-25(36)17-24(27(39)35(18-26(37)38)22-10-2-1-3-11-22)34-42(40,41)23-13-12-20-8-4-5-9-21(20)16-23/h4-5,8-9,12-13,16,22,24,33-34H,1-3,6-7,10-11,14-15,17-19H2,(H3,30,31)(H,32,36)(H,37,38)/t24-,29-/m0/s1. The van der Waals surface area contributed by atoms with Gasteiger partial charge in [-0.05, 0) is 61.6 Å². The van der Waals surface area contributed by atoms with E-state index in [-0.39, 0.29) is 23.3 Å². The highest BCUT2D eigenvalue weighted by molar-refractivity contribution is 7.89. The highest BCUT2D eigenvalue weighted by atomic mass is 32.2. The molecule has 0 unspecified atom stereocenters. The second-order valence-electron chi connectivity index (χ2n) is 11.2. The topological polar surface area (TPSA) is 195 Å². The van der Waals surface area contributed by atoms with Crippen molar-refractivity contribution in [1.29, 1.82) is 5.41 Å². The predicted octanol–water partition coefficient (Wildman–Crippen LogP) is 1.69. The predicted molar refractivity (Wildman–Crippen MR) is 158 cm³/mol. The number of piperidine rings is 1. The molecule has 0 spiro atoms. The molecule has 228 valence electrons. The van der Waals surface area contributed by atoms with Crippen molar-refractivity contribution in [2.75, 3.05) is 19.6 Å². The molecule has 1 heterocycles. The van der Waals surface area contributed by atoms with Crippen LogP contribution in [0.1, 0.15) is 57.8 Å². The lowest BCUT2D eigenvalue weighted by molar-refractivity contribution is -0.148. The van der Waals surface area contributed by atoms with E-state index in [9.17, 15) is 27.9 Å². The second kappa shape index (κ2) is 13.6. The fourth-order valence-corrected chi connectivity index (χ4v) is 7.07. The molecule has 0 aromatic heterocycles. The summed E-state index contributed by atoms with van der Waals surface area (Å²) in [5, 5.41) is 25.1. The van der Waals surface area contributed by atoms with Gasteiger partial charge in [0.15, 0.2) is 0 Å². The molecule has 12 nitrogen and oxygen atoms in total. The zero-order valence-electron chi connectivity index (χ0n) is 23.6. The van der Waals surface area contributed by atoms with Crippen LogP contribution in [0.4, 0.5) is 0 Å². The number of hydrogen-bond acceptors (Lipinski definition) is 7. The summed E-state index contributed by atoms with van der Waals surface area (Å²) in [5.41, 5.74) is 4.93. The number of nitrogens with two attached hydrogens (primary N) is 1. The van der Waals surface area contributed by atoms with Crippen molar-refractivity contribution < 1.29 is 27.9 Å². The van der Waals surface area contributed by atoms with Crippen LogP contribution >= 0.6 is 0 Å². The first-order chi connectivity index (χ1) is 20.0. The van der Waals surface area contributed by atoms with Crippen molar-refractivity contribution in [2.24, 2.45) is 5.73 Å². The van der Waals surface area contributed by atoms with Crippen molar-refractivity contribution in [3.63, 3.8) is 0 Å². The molecule has 2 aliphatic rings. The van der Waals surface area contributed by atoms with Gasteiger partial charge in [-0.2, -0.15) is 4.72 Å². The zero-order valence-corrected chi connectivity index (χ0v) is 24.4. The van der Waals surface area contributed by atoms with E-state index in [0.29, 0.717) is 31.2 Å². The molecule has 2 aromatic carbocycles. The molecule has 1 aliphatic carbocycles. The maximum Gasteiger partial charge on any atom is 0.323 e. The number of rotatable bonds is 12. The van der Waals surface area contributed by atoms with Gasteiger partial charge in [-0.1, -0.05) is 49.6 Å². The number of aliphatic carboxylic acids is 1. The molecule has 1 saturated heterocycles. The Balaban J connectivity index is 1.60. The lowest BCUT2D eigenvalue weighted by Crippen LogP contribution is -2.63. The van der Waals surface area contributed by atoms with Crippen LogP contribution in [-0.4, -0.2) is 79.3 Å². The highest BCUT2D eigenvalue weighted by Crippen LogP contribution is 2.25. The van der Waals surface area contributed by atoms with Gasteiger partial charge in [0.2, 0.25) is 21.8 Å². The molecule has 1 saturated carbocycles. The fraction of sp³-hybridized carbons (Fsp3) is 0.517. The number of fused-ring (bicyclic) bond motifs is 1. The van der Waals surface area contributed by atoms with Gasteiger partial charge in [-0.25, -0.2) is 8.42 Å². The first-order valence-electron chi connectivity index (χ1n) is 14.4. The van der Waals surface area contributed by atoms with Crippen LogP contribution in [0.5, 0.6) is 0 Å². The monoisotopic (exact) mass is 600 g/mol. The molecule has 7 N–H and O–H groups in total. The first kappa shape index (κ1) is 31.4. The molecular weight excluding hydrogens is 560 g/mol. The Hall–Kier alpha value is -3.55. The number of sulfonamides is 1. The summed E-state index contributed by atoms with van der Waals surface area (Å²) < 4.78 is 29.5. The van der Waals surface area contributed by atoms with Gasteiger partial charge in [0.25, 0.3) is 0 Å². The van der Waals surface area contributed by atoms with Crippen LogP contribution in [0.15, 0.2) is 47.4 Å². The average molecular weight is 601 g/mol. The molecule has 2 aromatic rings. The van der Waals surface area contributed by atoms with E-state index in [1.165, 1.54) is 17.0 Å². The Morgan fingerprint density at radius 3 is 2.43 bits per heavy atom. The average Bonchev–Trinajstić information content (AvgIpc) is 2.98. The highest BCUT2D eigenvalue weighted by Gasteiger charge is 2.38. The lowest BCUT2D eigenvalue weighted by Gasteiger charge is -2.38. The third kappa shape index (κ3) is 7.64. The summed E-state index contributed by atoms with van der Waals surface area (Å²) in [5.74, 6) is -2.72. The quantitative estimate of drug-likeness (QED) is 0.156. The fourth-order valence-electron chi connectivity index (χ4n) is 5.85. The minimum absolute atomic E-state index is 0.000959. The molecular formula is C29H40N6O6S. The van der Waals surface area contributed by atoms with Crippen LogP contribution in [0.25, 0.3) is 10.8 Å². The number of amidine groups is 1. The van der Waals surface area contributed by atoms with E-state index in [1.807, 2.05) is 12.1 Å². The van der Waals surface area contributed by atoms with Gasteiger partial charge < -0.3 is 26.4 Å². The number of hydrogen-bond donors (Lipinski definition) is 6. The Morgan fingerprint density at radius 2 is 1.79 bits per heavy atom. The van der Waals surface area contributed by atoms with E-state index < -0.39 is 52.4 Å². The minimum atomic E-state index is -4.29. The van der Waals surface area contributed by atoms with Crippen LogP contribution in [0.3, 0.4) is 0 Å². The van der Waals surface area contributed by atoms with Crippen molar-refractivity contribution >= 4 is 44.4 Å². The molecule has 13 heteroatoms. The Kier molecular flexibility index (Phi) is 10.2. The summed E-state index contributed by atoms with van der Waals surface area (Å²) in [4.78, 5) is 40.0. The Morgan fingerprint density at radius 1 is 1.07 bits per heavy atom. The third-order valence-electron chi connectivity index (χ3n) is 8.22. The van der Waals surface area contributed by atoms with Gasteiger partial charge in [-0.3, -0.25) is 19.8 Å². The Labute approximate surface area is 246 Å². The lowest BCUT2D eigenvalue weighted by atomic mass is 9.87. The SMILES string of the molecule is N=C(N)[C@@]1(CNC(=O)C[C@H](NS(=O)(=O)c2ccc3ccccc3c2)C(=O)N(CC(=O)O)C2CCCCC2)CCCCN1. The number of benzene rings is 2. The van der Waals surface area contributed by atoms with E-state index >= 15 is 0 Å². The van der Waals surface area contributed by atoms with Gasteiger partial charge in [-0.15, -0.1) is 0 Å². The number of carbonyl (C=O) groups excluding carboxylic acids is 2.